The van der Waals surface area contributed by atoms with Crippen LogP contribution in [-0.2, 0) is 9.59 Å². The van der Waals surface area contributed by atoms with Gasteiger partial charge in [0.2, 0.25) is 0 Å². The number of carboxylic acid groups (broad SMARTS) is 2. The van der Waals surface area contributed by atoms with Crippen LogP contribution in [-0.4, -0.2) is 70.6 Å². The van der Waals surface area contributed by atoms with Crippen LogP contribution in [0.15, 0.2) is 0 Å². The van der Waals surface area contributed by atoms with Crippen molar-refractivity contribution in [2.75, 3.05) is 0 Å². The Labute approximate surface area is 130 Å². The molecule has 84 valence electrons. The molecular weight excluding hydrogens is 214 g/mol. The summed E-state index contributed by atoms with van der Waals surface area (Å²) in [6.07, 6.45) is 4.41. The van der Waals surface area contributed by atoms with Gasteiger partial charge in [0.05, 0.1) is 0 Å². The molecule has 0 amide bonds. The van der Waals surface area contributed by atoms with Gasteiger partial charge in [0.25, 0.3) is 0 Å². The number of hydrogen-bond donors (Lipinski definition) is 2. The number of rotatable bonds is 3. The molecule has 1 fully saturated rings. The summed E-state index contributed by atoms with van der Waals surface area (Å²) in [5.41, 5.74) is -1.60. The van der Waals surface area contributed by atoms with Crippen molar-refractivity contribution in [1.82, 2.24) is 0 Å². The van der Waals surface area contributed by atoms with Gasteiger partial charge in [-0.1, -0.05) is 19.3 Å². The molecule has 2 N–H and O–H groups in total. The van der Waals surface area contributed by atoms with E-state index < -0.39 is 17.4 Å². The Morgan fingerprint density at radius 3 is 1.75 bits per heavy atom. The van der Waals surface area contributed by atoms with Gasteiger partial charge in [-0.05, 0) is 25.7 Å². The van der Waals surface area contributed by atoms with E-state index in [0.717, 1.165) is 32.1 Å². The third-order valence-corrected chi connectivity index (χ3v) is 3.31. The molecule has 4 nitrogen and oxygen atoms in total. The Hall–Kier alpha value is 0.537. The third-order valence-electron chi connectivity index (χ3n) is 3.31. The predicted molar refractivity (Wildman–Crippen MR) is 64.3 cm³/mol. The summed E-state index contributed by atoms with van der Waals surface area (Å²) >= 11 is 0. The van der Waals surface area contributed by atoms with Gasteiger partial charge in [-0.25, -0.2) is 0 Å². The first-order valence-electron chi connectivity index (χ1n) is 4.96. The molecule has 0 aromatic carbocycles. The molecule has 0 bridgehead atoms. The number of aliphatic carboxylic acids is 2. The van der Waals surface area contributed by atoms with Crippen molar-refractivity contribution in [3.05, 3.63) is 0 Å². The molecule has 6 heteroatoms. The first-order valence-corrected chi connectivity index (χ1v) is 4.96. The molecule has 0 aromatic rings. The maximum absolute atomic E-state index is 11.0. The van der Waals surface area contributed by atoms with Crippen molar-refractivity contribution in [1.29, 1.82) is 0 Å². The van der Waals surface area contributed by atoms with E-state index in [1.165, 1.54) is 6.92 Å². The van der Waals surface area contributed by atoms with Crippen molar-refractivity contribution in [2.24, 2.45) is 11.3 Å². The minimum absolute atomic E-state index is 0. The number of hydrogen-bond acceptors (Lipinski definition) is 2. The molecule has 1 aliphatic rings. The van der Waals surface area contributed by atoms with Crippen LogP contribution in [0.1, 0.15) is 39.0 Å². The topological polar surface area (TPSA) is 74.6 Å². The van der Waals surface area contributed by atoms with Gasteiger partial charge >= 0.3 is 60.4 Å². The van der Waals surface area contributed by atoms with Gasteiger partial charge in [-0.3, -0.25) is 9.59 Å². The normalized spacial score (nSPS) is 16.8. The molecule has 1 saturated carbocycles. The van der Waals surface area contributed by atoms with Crippen molar-refractivity contribution in [3.8, 4) is 0 Å². The Morgan fingerprint density at radius 1 is 1.06 bits per heavy atom. The first kappa shape index (κ1) is 18.9. The summed E-state index contributed by atoms with van der Waals surface area (Å²) in [7, 11) is 0. The van der Waals surface area contributed by atoms with Crippen molar-refractivity contribution in [3.63, 3.8) is 0 Å². The molecule has 0 aliphatic heterocycles. The van der Waals surface area contributed by atoms with E-state index in [9.17, 15) is 9.59 Å². The van der Waals surface area contributed by atoms with Crippen LogP contribution in [0, 0.1) is 11.3 Å². The summed E-state index contributed by atoms with van der Waals surface area (Å²) in [5, 5.41) is 17.9. The van der Waals surface area contributed by atoms with Gasteiger partial charge < -0.3 is 10.2 Å². The van der Waals surface area contributed by atoms with E-state index in [1.54, 1.807) is 0 Å². The maximum atomic E-state index is 11.0. The monoisotopic (exact) mass is 232 g/mol. The van der Waals surface area contributed by atoms with Crippen LogP contribution in [0.3, 0.4) is 0 Å². The summed E-state index contributed by atoms with van der Waals surface area (Å²) in [4.78, 5) is 22.0. The van der Waals surface area contributed by atoms with E-state index in [2.05, 4.69) is 0 Å². The molecule has 0 aromatic heterocycles. The standard InChI is InChI=1S/C10H16O4.Li.Na.2H/c1-10(8(11)12,9(13)14)7-5-3-2-4-6-7;;;;/h7H,2-6H2,1H3,(H,11,12)(H,13,14);;;;. The Morgan fingerprint density at radius 2 is 1.44 bits per heavy atom. The van der Waals surface area contributed by atoms with Gasteiger partial charge in [0.15, 0.2) is 5.41 Å². The van der Waals surface area contributed by atoms with Crippen LogP contribution >= 0.6 is 0 Å². The van der Waals surface area contributed by atoms with Gasteiger partial charge in [0, 0.05) is 0 Å². The van der Waals surface area contributed by atoms with Gasteiger partial charge in [-0.2, -0.15) is 0 Å². The second-order valence-electron chi connectivity index (χ2n) is 4.15. The third kappa shape index (κ3) is 3.78. The quantitative estimate of drug-likeness (QED) is 0.547. The Balaban J connectivity index is 0. The molecule has 0 radical (unpaired) electrons. The SMILES string of the molecule is CC(C(=O)O)(C(=O)O)C1CCCCC1.[LiH].[NaH]. The van der Waals surface area contributed by atoms with Crippen molar-refractivity contribution in [2.45, 2.75) is 39.0 Å². The summed E-state index contributed by atoms with van der Waals surface area (Å²) in [6.45, 7) is 1.33. The van der Waals surface area contributed by atoms with Crippen LogP contribution in [0.4, 0.5) is 0 Å². The first-order chi connectivity index (χ1) is 6.49. The van der Waals surface area contributed by atoms with Crippen molar-refractivity contribution < 1.29 is 19.8 Å². The zero-order valence-corrected chi connectivity index (χ0v) is 8.32. The van der Waals surface area contributed by atoms with E-state index in [4.69, 9.17) is 10.2 Å². The minimum atomic E-state index is -1.60. The fourth-order valence-corrected chi connectivity index (χ4v) is 2.12. The van der Waals surface area contributed by atoms with E-state index in [1.807, 2.05) is 0 Å². The molecule has 0 heterocycles. The van der Waals surface area contributed by atoms with Crippen LogP contribution in [0.2, 0.25) is 0 Å². The molecule has 16 heavy (non-hydrogen) atoms. The second-order valence-corrected chi connectivity index (χ2v) is 4.15. The average Bonchev–Trinajstić information content (AvgIpc) is 2.17. The zero-order chi connectivity index (χ0) is 10.8. The Bertz CT molecular complexity index is 237. The predicted octanol–water partition coefficient (Wildman–Crippen LogP) is 0.445. The summed E-state index contributed by atoms with van der Waals surface area (Å²) < 4.78 is 0. The molecule has 0 saturated heterocycles. The number of carbonyl (C=O) groups is 2. The fraction of sp³-hybridized carbons (Fsp3) is 0.800. The van der Waals surface area contributed by atoms with Crippen LogP contribution in [0.5, 0.6) is 0 Å². The Kier molecular flexibility index (Phi) is 9.19. The number of carboxylic acids is 2. The van der Waals surface area contributed by atoms with Crippen molar-refractivity contribution >= 4 is 60.4 Å². The molecule has 1 rings (SSSR count). The molecule has 1 aliphatic carbocycles. The summed E-state index contributed by atoms with van der Waals surface area (Å²) in [5.74, 6) is -2.64. The van der Waals surface area contributed by atoms with E-state index in [0.29, 0.717) is 0 Å². The molecule has 0 unspecified atom stereocenters. The summed E-state index contributed by atoms with van der Waals surface area (Å²) in [6, 6.07) is 0. The molecule has 0 atom stereocenters. The molecule has 0 spiro atoms. The van der Waals surface area contributed by atoms with Crippen LogP contribution < -0.4 is 0 Å². The molecular formula is C10H18LiNaO4. The van der Waals surface area contributed by atoms with E-state index >= 15 is 0 Å². The van der Waals surface area contributed by atoms with Gasteiger partial charge in [0.1, 0.15) is 0 Å². The van der Waals surface area contributed by atoms with Gasteiger partial charge in [-0.15, -0.1) is 0 Å². The van der Waals surface area contributed by atoms with Crippen LogP contribution in [0.25, 0.3) is 0 Å². The fourth-order valence-electron chi connectivity index (χ4n) is 2.12. The second kappa shape index (κ2) is 7.79. The average molecular weight is 232 g/mol. The zero-order valence-electron chi connectivity index (χ0n) is 8.32. The van der Waals surface area contributed by atoms with E-state index in [-0.39, 0.29) is 54.3 Å².